The molecule has 0 saturated carbocycles. The largest absolute Gasteiger partial charge is 0.378 e. The monoisotopic (exact) mass is 562 g/mol. The molecule has 5 rings (SSSR count). The maximum absolute atomic E-state index is 13.1. The van der Waals surface area contributed by atoms with Gasteiger partial charge in [-0.05, 0) is 37.3 Å². The van der Waals surface area contributed by atoms with Gasteiger partial charge in [0.25, 0.3) is 0 Å². The van der Waals surface area contributed by atoms with E-state index in [-0.39, 0.29) is 17.2 Å². The molecule has 2 N–H and O–H groups in total. The smallest absolute Gasteiger partial charge is 0.236 e. The lowest BCUT2D eigenvalue weighted by Gasteiger charge is -2.28. The van der Waals surface area contributed by atoms with Crippen LogP contribution in [0, 0.1) is 0 Å². The second-order valence-corrected chi connectivity index (χ2v) is 11.7. The predicted molar refractivity (Wildman–Crippen MR) is 153 cm³/mol. The highest BCUT2D eigenvalue weighted by molar-refractivity contribution is 7.93. The summed E-state index contributed by atoms with van der Waals surface area (Å²) in [6.45, 7) is 7.06. The van der Waals surface area contributed by atoms with Crippen molar-refractivity contribution in [2.45, 2.75) is 6.92 Å². The maximum atomic E-state index is 13.1. The Morgan fingerprint density at radius 2 is 2.10 bits per heavy atom. The van der Waals surface area contributed by atoms with Gasteiger partial charge in [-0.25, -0.2) is 23.1 Å². The molecule has 12 heteroatoms. The van der Waals surface area contributed by atoms with Gasteiger partial charge in [0.1, 0.15) is 0 Å². The first-order valence-electron chi connectivity index (χ1n) is 12.2. The minimum absolute atomic E-state index is 0.0649. The van der Waals surface area contributed by atoms with E-state index < -0.39 is 10.0 Å². The van der Waals surface area contributed by atoms with Gasteiger partial charge in [-0.2, -0.15) is 5.10 Å². The van der Waals surface area contributed by atoms with Crippen molar-refractivity contribution in [3.63, 3.8) is 0 Å². The van der Waals surface area contributed by atoms with Crippen LogP contribution in [0.15, 0.2) is 72.0 Å². The number of aromatic amines is 1. The number of H-pyrrole nitrogens is 1. The third kappa shape index (κ3) is 5.75. The molecule has 10 nitrogen and oxygen atoms in total. The van der Waals surface area contributed by atoms with Crippen LogP contribution in [0.4, 0.5) is 5.82 Å². The second-order valence-electron chi connectivity index (χ2n) is 8.69. The Morgan fingerprint density at radius 3 is 2.90 bits per heavy atom. The number of morpholine rings is 1. The summed E-state index contributed by atoms with van der Waals surface area (Å²) < 4.78 is 33.9. The van der Waals surface area contributed by atoms with Crippen LogP contribution < -0.4 is 9.62 Å². The number of sulfonamides is 1. The van der Waals surface area contributed by atoms with Crippen molar-refractivity contribution >= 4 is 54.1 Å². The molecule has 0 amide bonds. The fourth-order valence-electron chi connectivity index (χ4n) is 4.07. The van der Waals surface area contributed by atoms with Crippen molar-refractivity contribution in [1.29, 1.82) is 0 Å². The molecule has 4 heterocycles. The van der Waals surface area contributed by atoms with E-state index in [1.165, 1.54) is 36.5 Å². The van der Waals surface area contributed by atoms with Crippen LogP contribution in [0.25, 0.3) is 32.5 Å². The van der Waals surface area contributed by atoms with Gasteiger partial charge in [0, 0.05) is 24.0 Å². The molecule has 1 aromatic carbocycles. The Labute approximate surface area is 229 Å². The molecule has 0 bridgehead atoms. The molecule has 39 heavy (non-hydrogen) atoms. The van der Waals surface area contributed by atoms with Crippen molar-refractivity contribution in [3.05, 3.63) is 76.9 Å². The molecule has 4 aromatic rings. The highest BCUT2D eigenvalue weighted by Gasteiger charge is 2.23. The SMILES string of the molecule is C=CC=C=C/C=C(\C)S(=O)(=O)NCC(=O)c1cc2nc(-c3cccc4[nH]ncc34)nc(N3CCOCC3)c2s1. The average Bonchev–Trinajstić information content (AvgIpc) is 3.61. The number of thiophene rings is 1. The number of nitrogens with zero attached hydrogens (tertiary/aromatic N) is 4. The van der Waals surface area contributed by atoms with E-state index in [2.05, 4.69) is 32.1 Å². The lowest BCUT2D eigenvalue weighted by atomic mass is 10.1. The Hall–Kier alpha value is -3.93. The van der Waals surface area contributed by atoms with E-state index >= 15 is 0 Å². The standard InChI is InChI=1S/C27H26N6O4S2/c1-3-4-5-6-8-18(2)39(35,36)29-17-23(34)24-15-22-25(38-24)27(33-11-13-37-14-12-33)31-26(30-22)19-9-7-10-21-20(19)16-28-32-21/h3-4,6-10,15-16,29H,1,11-14,17H2,2H3,(H,28,32)/b18-8+. The molecule has 1 aliphatic rings. The normalized spacial score (nSPS) is 14.4. The number of hydrogen-bond donors (Lipinski definition) is 2. The van der Waals surface area contributed by atoms with Crippen molar-refractivity contribution in [3.8, 4) is 11.4 Å². The van der Waals surface area contributed by atoms with E-state index in [9.17, 15) is 13.2 Å². The molecule has 0 atom stereocenters. The summed E-state index contributed by atoms with van der Waals surface area (Å²) in [4.78, 5) is 25.4. The van der Waals surface area contributed by atoms with E-state index in [1.54, 1.807) is 18.3 Å². The van der Waals surface area contributed by atoms with Gasteiger partial charge in [-0.1, -0.05) is 24.8 Å². The number of anilines is 1. The molecule has 1 aliphatic heterocycles. The van der Waals surface area contributed by atoms with Crippen molar-refractivity contribution < 1.29 is 17.9 Å². The van der Waals surface area contributed by atoms with Gasteiger partial charge in [0.05, 0.1) is 51.5 Å². The number of carbonyl (C=O) groups is 1. The van der Waals surface area contributed by atoms with Gasteiger partial charge < -0.3 is 9.64 Å². The third-order valence-corrected chi connectivity index (χ3v) is 8.81. The summed E-state index contributed by atoms with van der Waals surface area (Å²) in [6, 6.07) is 7.48. The van der Waals surface area contributed by atoms with Gasteiger partial charge in [-0.3, -0.25) is 9.89 Å². The van der Waals surface area contributed by atoms with Crippen LogP contribution in [-0.2, 0) is 14.8 Å². The first kappa shape index (κ1) is 26.7. The minimum Gasteiger partial charge on any atom is -0.378 e. The Balaban J connectivity index is 1.48. The quantitative estimate of drug-likeness (QED) is 0.178. The molecule has 3 aromatic heterocycles. The molecule has 1 saturated heterocycles. The van der Waals surface area contributed by atoms with E-state index in [0.29, 0.717) is 42.5 Å². The lowest BCUT2D eigenvalue weighted by Crippen LogP contribution is -2.36. The average molecular weight is 563 g/mol. The minimum atomic E-state index is -3.84. The van der Waals surface area contributed by atoms with Crippen LogP contribution >= 0.6 is 11.3 Å². The topological polar surface area (TPSA) is 130 Å². The van der Waals surface area contributed by atoms with Crippen molar-refractivity contribution in [2.24, 2.45) is 0 Å². The third-order valence-electron chi connectivity index (χ3n) is 6.14. The molecule has 0 aliphatic carbocycles. The number of allylic oxidation sites excluding steroid dienone is 4. The fourth-order valence-corrected chi connectivity index (χ4v) is 5.91. The highest BCUT2D eigenvalue weighted by atomic mass is 32.2. The zero-order valence-corrected chi connectivity index (χ0v) is 22.8. The summed E-state index contributed by atoms with van der Waals surface area (Å²) in [5.74, 6) is 0.886. The van der Waals surface area contributed by atoms with Crippen molar-refractivity contribution in [2.75, 3.05) is 37.7 Å². The van der Waals surface area contributed by atoms with Crippen LogP contribution in [0.1, 0.15) is 16.6 Å². The summed E-state index contributed by atoms with van der Waals surface area (Å²) in [5, 5.41) is 8.01. The van der Waals surface area contributed by atoms with E-state index in [1.807, 2.05) is 18.2 Å². The van der Waals surface area contributed by atoms with Gasteiger partial charge in [0.15, 0.2) is 17.4 Å². The molecule has 1 fully saturated rings. The van der Waals surface area contributed by atoms with Gasteiger partial charge in [-0.15, -0.1) is 17.1 Å². The zero-order chi connectivity index (χ0) is 27.4. The number of carbonyl (C=O) groups excluding carboxylic acids is 1. The molecular weight excluding hydrogens is 536 g/mol. The summed E-state index contributed by atoms with van der Waals surface area (Å²) in [6.07, 6.45) is 7.70. The number of fused-ring (bicyclic) bond motifs is 2. The number of aromatic nitrogens is 4. The molecule has 0 radical (unpaired) electrons. The highest BCUT2D eigenvalue weighted by Crippen LogP contribution is 2.36. The second kappa shape index (κ2) is 11.4. The molecule has 200 valence electrons. The number of benzene rings is 1. The zero-order valence-electron chi connectivity index (χ0n) is 21.2. The molecule has 0 unspecified atom stereocenters. The van der Waals surface area contributed by atoms with Gasteiger partial charge in [0.2, 0.25) is 10.0 Å². The summed E-state index contributed by atoms with van der Waals surface area (Å²) in [5.41, 5.74) is 5.08. The number of ether oxygens (including phenoxy) is 1. The fraction of sp³-hybridized carbons (Fsp3) is 0.222. The Morgan fingerprint density at radius 1 is 1.28 bits per heavy atom. The summed E-state index contributed by atoms with van der Waals surface area (Å²) >= 11 is 1.26. The number of ketones is 1. The van der Waals surface area contributed by atoms with E-state index in [0.717, 1.165) is 27.0 Å². The van der Waals surface area contributed by atoms with Crippen LogP contribution in [0.3, 0.4) is 0 Å². The number of Topliss-reactive ketones (excluding diaryl/α,β-unsaturated/α-hetero) is 1. The van der Waals surface area contributed by atoms with Crippen LogP contribution in [0.5, 0.6) is 0 Å². The number of rotatable bonds is 9. The number of nitrogens with one attached hydrogen (secondary N) is 2. The van der Waals surface area contributed by atoms with Crippen LogP contribution in [0.2, 0.25) is 0 Å². The van der Waals surface area contributed by atoms with Gasteiger partial charge >= 0.3 is 0 Å². The predicted octanol–water partition coefficient (Wildman–Crippen LogP) is 3.97. The molecule has 0 spiro atoms. The summed E-state index contributed by atoms with van der Waals surface area (Å²) in [7, 11) is -3.84. The van der Waals surface area contributed by atoms with Crippen LogP contribution in [-0.4, -0.2) is 67.2 Å². The first-order chi connectivity index (χ1) is 18.9. The maximum Gasteiger partial charge on any atom is 0.236 e. The molecular formula is C27H26N6O4S2. The first-order valence-corrected chi connectivity index (χ1v) is 14.5. The number of hydrogen-bond acceptors (Lipinski definition) is 9. The Bertz CT molecular complexity index is 1760. The lowest BCUT2D eigenvalue weighted by molar-refractivity contribution is 0.100. The Kier molecular flexibility index (Phi) is 7.82. The van der Waals surface area contributed by atoms with Crippen molar-refractivity contribution in [1.82, 2.24) is 24.9 Å². The van der Waals surface area contributed by atoms with E-state index in [4.69, 9.17) is 14.7 Å².